The van der Waals surface area contributed by atoms with Gasteiger partial charge in [-0.1, -0.05) is 23.2 Å². The van der Waals surface area contributed by atoms with Crippen molar-refractivity contribution in [1.82, 2.24) is 9.97 Å². The summed E-state index contributed by atoms with van der Waals surface area (Å²) < 4.78 is 12.8. The van der Waals surface area contributed by atoms with Crippen LogP contribution in [-0.2, 0) is 0 Å². The van der Waals surface area contributed by atoms with E-state index >= 15 is 0 Å². The molecule has 0 fully saturated rings. The van der Waals surface area contributed by atoms with Crippen molar-refractivity contribution in [2.45, 2.75) is 6.42 Å². The number of hydrogen-bond donors (Lipinski definition) is 0. The Morgan fingerprint density at radius 2 is 1.76 bits per heavy atom. The molecule has 1 aromatic carbocycles. The lowest BCUT2D eigenvalue weighted by atomic mass is 10.2. The molecule has 21 heavy (non-hydrogen) atoms. The Labute approximate surface area is 153 Å². The molecule has 0 spiro atoms. The zero-order chi connectivity index (χ0) is 15.0. The zero-order valence-corrected chi connectivity index (χ0v) is 15.8. The molecule has 0 aliphatic carbocycles. The fourth-order valence-electron chi connectivity index (χ4n) is 1.88. The van der Waals surface area contributed by atoms with E-state index in [-0.39, 0.29) is 0 Å². The summed E-state index contributed by atoms with van der Waals surface area (Å²) >= 11 is 17.6. The van der Waals surface area contributed by atoms with Crippen molar-refractivity contribution in [3.8, 4) is 22.9 Å². The molecule has 0 radical (unpaired) electrons. The molecule has 1 aliphatic rings. The maximum absolute atomic E-state index is 6.07. The highest BCUT2D eigenvalue weighted by molar-refractivity contribution is 14.1. The predicted molar refractivity (Wildman–Crippen MR) is 93.5 cm³/mol. The van der Waals surface area contributed by atoms with Gasteiger partial charge in [-0.05, 0) is 50.7 Å². The Bertz CT molecular complexity index is 692. The van der Waals surface area contributed by atoms with E-state index in [1.807, 2.05) is 34.7 Å². The first-order chi connectivity index (χ1) is 10.1. The molecular formula is C13H8BrCl2IN2O2. The van der Waals surface area contributed by atoms with Gasteiger partial charge in [0.2, 0.25) is 0 Å². The molecule has 0 atom stereocenters. The monoisotopic (exact) mass is 500 g/mol. The van der Waals surface area contributed by atoms with E-state index in [9.17, 15) is 0 Å². The van der Waals surface area contributed by atoms with Gasteiger partial charge in [-0.2, -0.15) is 0 Å². The van der Waals surface area contributed by atoms with E-state index < -0.39 is 0 Å². The van der Waals surface area contributed by atoms with Gasteiger partial charge in [0.25, 0.3) is 0 Å². The van der Waals surface area contributed by atoms with Crippen molar-refractivity contribution in [2.24, 2.45) is 0 Å². The molecule has 0 unspecified atom stereocenters. The van der Waals surface area contributed by atoms with Crippen molar-refractivity contribution in [2.75, 3.05) is 13.2 Å². The van der Waals surface area contributed by atoms with Crippen molar-refractivity contribution >= 4 is 61.7 Å². The molecule has 8 heteroatoms. The molecule has 0 N–H and O–H groups in total. The Kier molecular flexibility index (Phi) is 4.78. The normalized spacial score (nSPS) is 13.9. The summed E-state index contributed by atoms with van der Waals surface area (Å²) in [5.74, 6) is 1.80. The number of hydrogen-bond acceptors (Lipinski definition) is 4. The Morgan fingerprint density at radius 3 is 2.48 bits per heavy atom. The van der Waals surface area contributed by atoms with Gasteiger partial charge in [0, 0.05) is 12.0 Å². The average molecular weight is 502 g/mol. The van der Waals surface area contributed by atoms with Gasteiger partial charge in [-0.3, -0.25) is 0 Å². The molecule has 2 aromatic rings. The SMILES string of the molecule is Clc1nc(-c2cc(Br)c3c(c2)OCCCO3)nc(Cl)c1I. The summed E-state index contributed by atoms with van der Waals surface area (Å²) in [7, 11) is 0. The minimum Gasteiger partial charge on any atom is -0.489 e. The van der Waals surface area contributed by atoms with Crippen molar-refractivity contribution in [3.05, 3.63) is 30.5 Å². The zero-order valence-electron chi connectivity index (χ0n) is 10.5. The van der Waals surface area contributed by atoms with Crippen LogP contribution < -0.4 is 9.47 Å². The molecule has 0 saturated heterocycles. The first-order valence-electron chi connectivity index (χ1n) is 6.04. The number of aromatic nitrogens is 2. The smallest absolute Gasteiger partial charge is 0.175 e. The fraction of sp³-hybridized carbons (Fsp3) is 0.231. The molecular weight excluding hydrogens is 494 g/mol. The highest BCUT2D eigenvalue weighted by Crippen LogP contribution is 2.40. The minimum atomic E-state index is 0.328. The third-order valence-corrected chi connectivity index (χ3v) is 5.63. The van der Waals surface area contributed by atoms with Crippen LogP contribution >= 0.6 is 61.7 Å². The van der Waals surface area contributed by atoms with Gasteiger partial charge >= 0.3 is 0 Å². The molecule has 0 saturated carbocycles. The minimum absolute atomic E-state index is 0.328. The van der Waals surface area contributed by atoms with Gasteiger partial charge in [0.15, 0.2) is 17.3 Å². The van der Waals surface area contributed by atoms with Crippen LogP contribution in [0.1, 0.15) is 6.42 Å². The van der Waals surface area contributed by atoms with E-state index in [1.54, 1.807) is 0 Å². The average Bonchev–Trinajstić information content (AvgIpc) is 2.69. The van der Waals surface area contributed by atoms with Crippen LogP contribution in [0.15, 0.2) is 16.6 Å². The molecule has 4 nitrogen and oxygen atoms in total. The van der Waals surface area contributed by atoms with Gasteiger partial charge in [0.05, 0.1) is 21.3 Å². The van der Waals surface area contributed by atoms with Crippen LogP contribution in [0.2, 0.25) is 10.3 Å². The second-order valence-electron chi connectivity index (χ2n) is 4.28. The molecule has 1 aromatic heterocycles. The highest BCUT2D eigenvalue weighted by atomic mass is 127. The summed E-state index contributed by atoms with van der Waals surface area (Å²) in [6.07, 6.45) is 0.841. The standard InChI is InChI=1S/C13H8BrCl2IN2O2/c14-7-4-6(5-8-10(7)21-3-1-2-20-8)13-18-11(15)9(17)12(16)19-13/h4-5H,1-3H2. The van der Waals surface area contributed by atoms with E-state index in [0.717, 1.165) is 16.5 Å². The lowest BCUT2D eigenvalue weighted by molar-refractivity contribution is 0.296. The number of benzene rings is 1. The lowest BCUT2D eigenvalue weighted by Crippen LogP contribution is -1.97. The van der Waals surface area contributed by atoms with Crippen LogP contribution in [0.3, 0.4) is 0 Å². The second kappa shape index (κ2) is 6.44. The van der Waals surface area contributed by atoms with Crippen LogP contribution in [-0.4, -0.2) is 23.2 Å². The van der Waals surface area contributed by atoms with E-state index in [4.69, 9.17) is 32.7 Å². The van der Waals surface area contributed by atoms with Crippen LogP contribution in [0, 0.1) is 3.57 Å². The Hall–Kier alpha value is -0.310. The second-order valence-corrected chi connectivity index (χ2v) is 6.93. The maximum Gasteiger partial charge on any atom is 0.175 e. The van der Waals surface area contributed by atoms with E-state index in [2.05, 4.69) is 25.9 Å². The van der Waals surface area contributed by atoms with Crippen molar-refractivity contribution in [3.63, 3.8) is 0 Å². The van der Waals surface area contributed by atoms with Gasteiger partial charge < -0.3 is 9.47 Å². The third-order valence-electron chi connectivity index (χ3n) is 2.83. The molecule has 110 valence electrons. The van der Waals surface area contributed by atoms with Crippen molar-refractivity contribution in [1.29, 1.82) is 0 Å². The number of fused-ring (bicyclic) bond motifs is 1. The van der Waals surface area contributed by atoms with E-state index in [1.165, 1.54) is 0 Å². The summed E-state index contributed by atoms with van der Waals surface area (Å²) in [6.45, 7) is 1.24. The first kappa shape index (κ1) is 15.6. The molecule has 3 rings (SSSR count). The Balaban J connectivity index is 2.11. The fourth-order valence-corrected chi connectivity index (χ4v) is 3.07. The quantitative estimate of drug-likeness (QED) is 0.408. The highest BCUT2D eigenvalue weighted by Gasteiger charge is 2.18. The van der Waals surface area contributed by atoms with Crippen LogP contribution in [0.5, 0.6) is 11.5 Å². The molecule has 0 bridgehead atoms. The number of nitrogens with zero attached hydrogens (tertiary/aromatic N) is 2. The summed E-state index contributed by atoms with van der Waals surface area (Å²) in [4.78, 5) is 8.52. The van der Waals surface area contributed by atoms with Crippen LogP contribution in [0.4, 0.5) is 0 Å². The van der Waals surface area contributed by atoms with Gasteiger partial charge in [-0.25, -0.2) is 9.97 Å². The molecule has 0 amide bonds. The molecule has 2 heterocycles. The topological polar surface area (TPSA) is 44.2 Å². The summed E-state index contributed by atoms with van der Waals surface area (Å²) in [6, 6.07) is 3.70. The van der Waals surface area contributed by atoms with E-state index in [0.29, 0.717) is 44.4 Å². The van der Waals surface area contributed by atoms with Crippen molar-refractivity contribution < 1.29 is 9.47 Å². The largest absolute Gasteiger partial charge is 0.489 e. The first-order valence-corrected chi connectivity index (χ1v) is 8.67. The maximum atomic E-state index is 6.07. The number of ether oxygens (including phenoxy) is 2. The number of halogens is 4. The third kappa shape index (κ3) is 3.23. The number of rotatable bonds is 1. The Morgan fingerprint density at radius 1 is 1.10 bits per heavy atom. The van der Waals surface area contributed by atoms with Gasteiger partial charge in [-0.15, -0.1) is 0 Å². The summed E-state index contributed by atoms with van der Waals surface area (Å²) in [5.41, 5.74) is 0.756. The molecule has 1 aliphatic heterocycles. The summed E-state index contributed by atoms with van der Waals surface area (Å²) in [5, 5.41) is 0.655. The lowest BCUT2D eigenvalue weighted by Gasteiger charge is -2.11. The van der Waals surface area contributed by atoms with Crippen LogP contribution in [0.25, 0.3) is 11.4 Å². The van der Waals surface area contributed by atoms with Gasteiger partial charge in [0.1, 0.15) is 10.3 Å². The predicted octanol–water partition coefficient (Wildman–Crippen LogP) is 4.98.